The van der Waals surface area contributed by atoms with E-state index < -0.39 is 0 Å². The highest BCUT2D eigenvalue weighted by atomic mass is 32.2. The second-order valence-corrected chi connectivity index (χ2v) is 5.63. The molecule has 0 spiro atoms. The zero-order chi connectivity index (χ0) is 14.2. The van der Waals surface area contributed by atoms with Crippen LogP contribution in [0.5, 0.6) is 0 Å². The van der Waals surface area contributed by atoms with Crippen molar-refractivity contribution in [3.8, 4) is 0 Å². The Morgan fingerprint density at radius 1 is 1.05 bits per heavy atom. The normalized spacial score (nSPS) is 10.2. The third-order valence-corrected chi connectivity index (χ3v) is 4.17. The summed E-state index contributed by atoms with van der Waals surface area (Å²) in [4.78, 5) is 12.2. The van der Waals surface area contributed by atoms with Gasteiger partial charge in [0.05, 0.1) is 0 Å². The first-order valence-corrected chi connectivity index (χ1v) is 7.73. The molecular formula is C17H19NOS. The number of rotatable bonds is 6. The van der Waals surface area contributed by atoms with Crippen molar-refractivity contribution in [1.29, 1.82) is 0 Å². The zero-order valence-electron chi connectivity index (χ0n) is 11.6. The molecule has 0 aliphatic heterocycles. The maximum Gasteiger partial charge on any atom is 0.216 e. The van der Waals surface area contributed by atoms with Gasteiger partial charge in [-0.1, -0.05) is 48.5 Å². The lowest BCUT2D eigenvalue weighted by Crippen LogP contribution is -2.22. The minimum atomic E-state index is 0.0272. The van der Waals surface area contributed by atoms with Gasteiger partial charge in [-0.2, -0.15) is 0 Å². The van der Waals surface area contributed by atoms with Crippen LogP contribution in [0.4, 0.5) is 0 Å². The second kappa shape index (κ2) is 7.75. The van der Waals surface area contributed by atoms with Gasteiger partial charge in [0, 0.05) is 24.1 Å². The predicted octanol–water partition coefficient (Wildman–Crippen LogP) is 3.66. The molecule has 104 valence electrons. The number of carbonyl (C=O) groups is 1. The van der Waals surface area contributed by atoms with Crippen molar-refractivity contribution < 1.29 is 4.79 Å². The molecule has 2 rings (SSSR count). The van der Waals surface area contributed by atoms with Gasteiger partial charge in [-0.25, -0.2) is 0 Å². The van der Waals surface area contributed by atoms with Gasteiger partial charge in [0.25, 0.3) is 0 Å². The van der Waals surface area contributed by atoms with Gasteiger partial charge in [0.2, 0.25) is 5.91 Å². The summed E-state index contributed by atoms with van der Waals surface area (Å²) in [5, 5.41) is 2.85. The third-order valence-electron chi connectivity index (χ3n) is 2.98. The smallest absolute Gasteiger partial charge is 0.216 e. The molecule has 0 fully saturated rings. The molecule has 20 heavy (non-hydrogen) atoms. The van der Waals surface area contributed by atoms with E-state index in [0.29, 0.717) is 6.54 Å². The Labute approximate surface area is 124 Å². The van der Waals surface area contributed by atoms with Crippen LogP contribution in [0.25, 0.3) is 0 Å². The first-order chi connectivity index (χ1) is 9.75. The molecular weight excluding hydrogens is 266 g/mol. The number of hydrogen-bond acceptors (Lipinski definition) is 2. The van der Waals surface area contributed by atoms with Gasteiger partial charge in [0.15, 0.2) is 0 Å². The van der Waals surface area contributed by atoms with Crippen LogP contribution >= 0.6 is 11.8 Å². The highest BCUT2D eigenvalue weighted by Gasteiger charge is 2.03. The summed E-state index contributed by atoms with van der Waals surface area (Å²) in [6.07, 6.45) is 0.873. The zero-order valence-corrected chi connectivity index (χ0v) is 12.5. The van der Waals surface area contributed by atoms with Crippen LogP contribution < -0.4 is 5.32 Å². The van der Waals surface area contributed by atoms with Crippen LogP contribution in [0.1, 0.15) is 18.1 Å². The summed E-state index contributed by atoms with van der Waals surface area (Å²) in [7, 11) is 0. The van der Waals surface area contributed by atoms with E-state index in [-0.39, 0.29) is 5.91 Å². The topological polar surface area (TPSA) is 29.1 Å². The molecule has 0 aliphatic rings. The molecule has 3 heteroatoms. The van der Waals surface area contributed by atoms with E-state index in [2.05, 4.69) is 53.8 Å². The summed E-state index contributed by atoms with van der Waals surface area (Å²) >= 11 is 1.85. The van der Waals surface area contributed by atoms with E-state index in [0.717, 1.165) is 12.2 Å². The quantitative estimate of drug-likeness (QED) is 0.821. The lowest BCUT2D eigenvalue weighted by molar-refractivity contribution is -0.118. The molecule has 0 radical (unpaired) electrons. The Bertz CT molecular complexity index is 554. The fourth-order valence-electron chi connectivity index (χ4n) is 1.96. The molecule has 0 saturated carbocycles. The molecule has 0 bridgehead atoms. The van der Waals surface area contributed by atoms with Gasteiger partial charge < -0.3 is 5.32 Å². The maximum atomic E-state index is 10.9. The van der Waals surface area contributed by atoms with Gasteiger partial charge in [-0.15, -0.1) is 11.8 Å². The molecule has 0 saturated heterocycles. The number of benzene rings is 2. The first kappa shape index (κ1) is 14.7. The molecule has 1 N–H and O–H groups in total. The number of nitrogens with one attached hydrogen (secondary N) is 1. The van der Waals surface area contributed by atoms with Crippen LogP contribution in [0, 0.1) is 0 Å². The standard InChI is InChI=1S/C17H19NOS/c1-14(19)18-12-11-16-9-5-6-10-17(16)20-13-15-7-3-2-4-8-15/h2-10H,11-13H2,1H3,(H,18,19). The molecule has 2 aromatic rings. The third kappa shape index (κ3) is 4.74. The summed E-state index contributed by atoms with van der Waals surface area (Å²) in [6.45, 7) is 2.24. The average molecular weight is 285 g/mol. The van der Waals surface area contributed by atoms with E-state index in [1.165, 1.54) is 16.0 Å². The van der Waals surface area contributed by atoms with E-state index in [4.69, 9.17) is 0 Å². The molecule has 2 aromatic carbocycles. The van der Waals surface area contributed by atoms with E-state index in [1.807, 2.05) is 17.8 Å². The van der Waals surface area contributed by atoms with E-state index in [1.54, 1.807) is 6.92 Å². The Morgan fingerprint density at radius 3 is 2.50 bits per heavy atom. The number of carbonyl (C=O) groups excluding carboxylic acids is 1. The molecule has 0 aromatic heterocycles. The molecule has 1 amide bonds. The number of hydrogen-bond donors (Lipinski definition) is 1. The highest BCUT2D eigenvalue weighted by Crippen LogP contribution is 2.26. The van der Waals surface area contributed by atoms with Gasteiger partial charge in [-0.05, 0) is 23.6 Å². The fourth-order valence-corrected chi connectivity index (χ4v) is 3.00. The van der Waals surface area contributed by atoms with Gasteiger partial charge in [0.1, 0.15) is 0 Å². The Balaban J connectivity index is 1.95. The summed E-state index contributed by atoms with van der Waals surface area (Å²) in [5.41, 5.74) is 2.62. The Kier molecular flexibility index (Phi) is 5.69. The predicted molar refractivity (Wildman–Crippen MR) is 84.8 cm³/mol. The first-order valence-electron chi connectivity index (χ1n) is 6.75. The Morgan fingerprint density at radius 2 is 1.75 bits per heavy atom. The lowest BCUT2D eigenvalue weighted by Gasteiger charge is -2.09. The Hall–Kier alpha value is -1.74. The maximum absolute atomic E-state index is 10.9. The van der Waals surface area contributed by atoms with E-state index >= 15 is 0 Å². The van der Waals surface area contributed by atoms with Crippen molar-refractivity contribution in [2.45, 2.75) is 24.0 Å². The SMILES string of the molecule is CC(=O)NCCc1ccccc1SCc1ccccc1. The average Bonchev–Trinajstić information content (AvgIpc) is 2.47. The van der Waals surface area contributed by atoms with Crippen molar-refractivity contribution in [2.75, 3.05) is 6.54 Å². The van der Waals surface area contributed by atoms with Crippen LogP contribution in [0.2, 0.25) is 0 Å². The fraction of sp³-hybridized carbons (Fsp3) is 0.235. The summed E-state index contributed by atoms with van der Waals surface area (Å²) in [5.74, 6) is 0.997. The van der Waals surface area contributed by atoms with Crippen LogP contribution in [0.3, 0.4) is 0 Å². The van der Waals surface area contributed by atoms with Crippen molar-refractivity contribution in [3.05, 3.63) is 65.7 Å². The van der Waals surface area contributed by atoms with Gasteiger partial charge in [-0.3, -0.25) is 4.79 Å². The lowest BCUT2D eigenvalue weighted by atomic mass is 10.1. The minimum absolute atomic E-state index is 0.0272. The molecule has 0 atom stereocenters. The molecule has 0 aliphatic carbocycles. The number of thioether (sulfide) groups is 1. The van der Waals surface area contributed by atoms with Crippen molar-refractivity contribution in [2.24, 2.45) is 0 Å². The van der Waals surface area contributed by atoms with E-state index in [9.17, 15) is 4.79 Å². The number of amides is 1. The molecule has 0 heterocycles. The summed E-state index contributed by atoms with van der Waals surface area (Å²) in [6, 6.07) is 18.9. The monoisotopic (exact) mass is 285 g/mol. The van der Waals surface area contributed by atoms with Crippen LogP contribution in [0.15, 0.2) is 59.5 Å². The highest BCUT2D eigenvalue weighted by molar-refractivity contribution is 7.98. The van der Waals surface area contributed by atoms with Gasteiger partial charge >= 0.3 is 0 Å². The second-order valence-electron chi connectivity index (χ2n) is 4.61. The van der Waals surface area contributed by atoms with Crippen molar-refractivity contribution >= 4 is 17.7 Å². The van der Waals surface area contributed by atoms with Crippen LogP contribution in [-0.2, 0) is 17.0 Å². The molecule has 2 nitrogen and oxygen atoms in total. The summed E-state index contributed by atoms with van der Waals surface area (Å²) < 4.78 is 0. The van der Waals surface area contributed by atoms with Crippen molar-refractivity contribution in [3.63, 3.8) is 0 Å². The van der Waals surface area contributed by atoms with Crippen molar-refractivity contribution in [1.82, 2.24) is 5.32 Å². The largest absolute Gasteiger partial charge is 0.356 e. The molecule has 0 unspecified atom stereocenters. The minimum Gasteiger partial charge on any atom is -0.356 e. The van der Waals surface area contributed by atoms with Crippen LogP contribution in [-0.4, -0.2) is 12.5 Å².